The number of hydrazine groups is 1. The largest absolute Gasteiger partial charge is 0.272 e. The van der Waals surface area contributed by atoms with Gasteiger partial charge in [-0.15, -0.1) is 4.41 Å². The Balaban J connectivity index is 1.63. The smallest absolute Gasteiger partial charge is 0.255 e. The molecule has 0 aromatic carbocycles. The van der Waals surface area contributed by atoms with Crippen molar-refractivity contribution in [3.8, 4) is 0 Å². The molecule has 5 nitrogen and oxygen atoms in total. The van der Waals surface area contributed by atoms with Crippen molar-refractivity contribution >= 4 is 16.8 Å². The summed E-state index contributed by atoms with van der Waals surface area (Å²) < 4.78 is 23.5. The molecule has 5 aliphatic rings. The maximum atomic E-state index is 11.8. The zero-order chi connectivity index (χ0) is 12.4. The zero-order valence-corrected chi connectivity index (χ0v) is 11.1. The highest BCUT2D eigenvalue weighted by Gasteiger charge is 2.55. The van der Waals surface area contributed by atoms with Crippen LogP contribution in [-0.4, -0.2) is 36.3 Å². The number of carbonyl (C=O) groups excluding carboxylic acids is 1. The predicted molar refractivity (Wildman–Crippen MR) is 64.7 cm³/mol. The van der Waals surface area contributed by atoms with E-state index in [4.69, 9.17) is 0 Å². The van der Waals surface area contributed by atoms with Crippen LogP contribution in [-0.2, 0) is 15.7 Å². The highest BCUT2D eigenvalue weighted by atomic mass is 32.2. The van der Waals surface area contributed by atoms with Crippen molar-refractivity contribution in [2.45, 2.75) is 38.1 Å². The second-order valence-electron chi connectivity index (χ2n) is 6.43. The Morgan fingerprint density at radius 1 is 0.944 bits per heavy atom. The summed E-state index contributed by atoms with van der Waals surface area (Å²) in [5, 5.41) is 1.57. The maximum Gasteiger partial charge on any atom is 0.255 e. The van der Waals surface area contributed by atoms with Crippen molar-refractivity contribution in [1.82, 2.24) is 9.42 Å². The Labute approximate surface area is 108 Å². The molecule has 1 aliphatic heterocycles. The molecular formula is C12H18N2O3S. The van der Waals surface area contributed by atoms with Crippen LogP contribution < -0.4 is 0 Å². The van der Waals surface area contributed by atoms with Crippen LogP contribution in [0.3, 0.4) is 0 Å². The Morgan fingerprint density at radius 3 is 1.94 bits per heavy atom. The second kappa shape index (κ2) is 3.70. The van der Waals surface area contributed by atoms with Crippen LogP contribution in [0.1, 0.15) is 32.1 Å². The first-order chi connectivity index (χ1) is 8.63. The van der Waals surface area contributed by atoms with Crippen molar-refractivity contribution in [2.24, 2.45) is 23.7 Å². The summed E-state index contributed by atoms with van der Waals surface area (Å²) in [6.07, 6.45) is 6.17. The Morgan fingerprint density at radius 2 is 1.50 bits per heavy atom. The fraction of sp³-hybridized carbons (Fsp3) is 0.917. The Kier molecular flexibility index (Phi) is 2.30. The minimum Gasteiger partial charge on any atom is -0.272 e. The van der Waals surface area contributed by atoms with E-state index in [2.05, 4.69) is 0 Å². The first-order valence-electron chi connectivity index (χ1n) is 6.87. The van der Waals surface area contributed by atoms with E-state index in [-0.39, 0.29) is 18.5 Å². The third-order valence-electron chi connectivity index (χ3n) is 5.43. The molecule has 100 valence electrons. The van der Waals surface area contributed by atoms with Gasteiger partial charge in [-0.1, -0.05) is 0 Å². The van der Waals surface area contributed by atoms with Gasteiger partial charge >= 0.3 is 0 Å². The number of rotatable bonds is 2. The summed E-state index contributed by atoms with van der Waals surface area (Å²) in [6, 6.07) is 0.173. The van der Waals surface area contributed by atoms with Crippen molar-refractivity contribution in [3.63, 3.8) is 0 Å². The van der Waals surface area contributed by atoms with Gasteiger partial charge < -0.3 is 0 Å². The summed E-state index contributed by atoms with van der Waals surface area (Å²) in [5.74, 6) is 2.77. The second-order valence-corrected chi connectivity index (χ2v) is 7.37. The lowest BCUT2D eigenvalue weighted by Crippen LogP contribution is -2.70. The lowest BCUT2D eigenvalue weighted by molar-refractivity contribution is -0.188. The molecule has 0 atom stereocenters. The van der Waals surface area contributed by atoms with E-state index in [0.717, 1.165) is 11.8 Å². The zero-order valence-electron chi connectivity index (χ0n) is 10.2. The van der Waals surface area contributed by atoms with E-state index in [9.17, 15) is 13.2 Å². The van der Waals surface area contributed by atoms with Crippen molar-refractivity contribution in [1.29, 1.82) is 0 Å². The molecule has 1 heterocycles. The molecule has 0 radical (unpaired) electrons. The average molecular weight is 270 g/mol. The normalized spacial score (nSPS) is 46.8. The van der Waals surface area contributed by atoms with Crippen LogP contribution >= 0.6 is 0 Å². The minimum absolute atomic E-state index is 0.00771. The molecule has 5 fully saturated rings. The average Bonchev–Trinajstić information content (AvgIpc) is 2.29. The van der Waals surface area contributed by atoms with Gasteiger partial charge in [0.05, 0.1) is 6.04 Å². The van der Waals surface area contributed by atoms with E-state index < -0.39 is 10.9 Å². The van der Waals surface area contributed by atoms with Crippen LogP contribution in [0.15, 0.2) is 0 Å². The molecule has 6 heteroatoms. The van der Waals surface area contributed by atoms with Gasteiger partial charge in [-0.05, 0) is 55.8 Å². The fourth-order valence-electron chi connectivity index (χ4n) is 5.07. The third-order valence-corrected chi connectivity index (χ3v) is 6.14. The summed E-state index contributed by atoms with van der Waals surface area (Å²) >= 11 is 0. The number of hydrogen-bond donors (Lipinski definition) is 1. The summed E-state index contributed by atoms with van der Waals surface area (Å²) in [7, 11) is -2.65. The van der Waals surface area contributed by atoms with E-state index in [1.165, 1.54) is 36.5 Å². The molecule has 5 rings (SSSR count). The monoisotopic (exact) mass is 270 g/mol. The molecule has 18 heavy (non-hydrogen) atoms. The number of carbonyl (C=O) groups is 1. The quantitative estimate of drug-likeness (QED) is 0.739. The van der Waals surface area contributed by atoms with Gasteiger partial charge in [0, 0.05) is 0 Å². The summed E-state index contributed by atoms with van der Waals surface area (Å²) in [5.41, 5.74) is 0. The van der Waals surface area contributed by atoms with Crippen LogP contribution in [0.5, 0.6) is 0 Å². The molecule has 0 spiro atoms. The summed E-state index contributed by atoms with van der Waals surface area (Å²) in [4.78, 5) is 11.8. The lowest BCUT2D eigenvalue weighted by Gasteiger charge is -2.59. The van der Waals surface area contributed by atoms with Gasteiger partial charge in [-0.3, -0.25) is 9.80 Å². The number of hydrogen-bond acceptors (Lipinski definition) is 3. The molecule has 4 aliphatic carbocycles. The highest BCUT2D eigenvalue weighted by Crippen LogP contribution is 2.55. The third kappa shape index (κ3) is 1.42. The van der Waals surface area contributed by atoms with Gasteiger partial charge in [0.2, 0.25) is 10.9 Å². The van der Waals surface area contributed by atoms with Gasteiger partial charge in [0.25, 0.3) is 5.91 Å². The fourth-order valence-corrected chi connectivity index (χ4v) is 5.69. The van der Waals surface area contributed by atoms with Gasteiger partial charge in [-0.25, -0.2) is 8.42 Å². The number of thiol groups is 1. The molecule has 0 aromatic rings. The minimum atomic E-state index is -2.65. The molecule has 4 saturated carbocycles. The van der Waals surface area contributed by atoms with Crippen LogP contribution in [0.4, 0.5) is 0 Å². The van der Waals surface area contributed by atoms with Crippen LogP contribution in [0.2, 0.25) is 0 Å². The maximum absolute atomic E-state index is 11.8. The first kappa shape index (κ1) is 11.2. The van der Waals surface area contributed by atoms with Crippen LogP contribution in [0, 0.1) is 23.7 Å². The summed E-state index contributed by atoms with van der Waals surface area (Å²) in [6.45, 7) is 0.0570. The van der Waals surface area contributed by atoms with Gasteiger partial charge in [0.15, 0.2) is 0 Å². The van der Waals surface area contributed by atoms with E-state index >= 15 is 0 Å². The standard InChI is InChI=1S/C12H18N2O3S/c15-11-6-13(18(16)17)14(11)12-9-2-7-1-8(4-9)5-10(12)3-7/h7-10,12,18H,1-6H2. The molecule has 0 unspecified atom stereocenters. The predicted octanol–water partition coefficient (Wildman–Crippen LogP) is 0.397. The molecule has 4 bridgehead atoms. The molecule has 1 amide bonds. The van der Waals surface area contributed by atoms with Gasteiger partial charge in [-0.2, -0.15) is 0 Å². The molecule has 0 N–H and O–H groups in total. The Hall–Kier alpha value is -0.620. The Bertz CT molecular complexity index is 440. The van der Waals surface area contributed by atoms with Crippen molar-refractivity contribution in [2.75, 3.05) is 6.54 Å². The van der Waals surface area contributed by atoms with Crippen molar-refractivity contribution < 1.29 is 13.2 Å². The number of nitrogens with zero attached hydrogens (tertiary/aromatic N) is 2. The first-order valence-corrected chi connectivity index (χ1v) is 8.00. The molecular weight excluding hydrogens is 252 g/mol. The molecule has 1 saturated heterocycles. The van der Waals surface area contributed by atoms with Crippen LogP contribution in [0.25, 0.3) is 0 Å². The van der Waals surface area contributed by atoms with E-state index in [0.29, 0.717) is 11.8 Å². The molecule has 0 aromatic heterocycles. The lowest BCUT2D eigenvalue weighted by atomic mass is 9.54. The van der Waals surface area contributed by atoms with Gasteiger partial charge in [0.1, 0.15) is 6.54 Å². The van der Waals surface area contributed by atoms with E-state index in [1.54, 1.807) is 5.01 Å². The van der Waals surface area contributed by atoms with Crippen molar-refractivity contribution in [3.05, 3.63) is 0 Å². The highest BCUT2D eigenvalue weighted by molar-refractivity contribution is 7.69. The number of amides is 1. The SMILES string of the molecule is O=C1CN([SH](=O)=O)N1C1C2CC3CC(C2)CC1C3. The van der Waals surface area contributed by atoms with E-state index in [1.807, 2.05) is 0 Å². The topological polar surface area (TPSA) is 57.7 Å².